The van der Waals surface area contributed by atoms with Crippen LogP contribution >= 0.6 is 0 Å². The van der Waals surface area contributed by atoms with E-state index in [0.29, 0.717) is 12.1 Å². The second-order valence-corrected chi connectivity index (χ2v) is 4.37. The van der Waals surface area contributed by atoms with Crippen LogP contribution in [-0.4, -0.2) is 18.2 Å². The molecule has 2 N–H and O–H groups in total. The van der Waals surface area contributed by atoms with E-state index in [1.165, 1.54) is 7.11 Å². The van der Waals surface area contributed by atoms with Gasteiger partial charge >= 0.3 is 5.97 Å². The SMILES string of the molecule is COC(=O)c1ccccc1NCc1ccc(CO)cc1. The lowest BCUT2D eigenvalue weighted by atomic mass is 10.1. The summed E-state index contributed by atoms with van der Waals surface area (Å²) in [5, 5.41) is 12.2. The average molecular weight is 271 g/mol. The Morgan fingerprint density at radius 2 is 1.75 bits per heavy atom. The molecule has 0 aliphatic rings. The highest BCUT2D eigenvalue weighted by molar-refractivity contribution is 5.95. The first-order chi connectivity index (χ1) is 9.74. The average Bonchev–Trinajstić information content (AvgIpc) is 2.53. The van der Waals surface area contributed by atoms with Gasteiger partial charge in [-0.05, 0) is 23.3 Å². The van der Waals surface area contributed by atoms with Gasteiger partial charge in [0.2, 0.25) is 0 Å². The Bertz CT molecular complexity index is 579. The molecule has 0 saturated heterocycles. The minimum Gasteiger partial charge on any atom is -0.465 e. The Labute approximate surface area is 118 Å². The molecule has 0 heterocycles. The van der Waals surface area contributed by atoms with Crippen LogP contribution < -0.4 is 5.32 Å². The molecule has 0 unspecified atom stereocenters. The van der Waals surface area contributed by atoms with Crippen LogP contribution in [0.4, 0.5) is 5.69 Å². The van der Waals surface area contributed by atoms with Crippen LogP contribution in [0.25, 0.3) is 0 Å². The summed E-state index contributed by atoms with van der Waals surface area (Å²) in [6, 6.07) is 14.9. The summed E-state index contributed by atoms with van der Waals surface area (Å²) < 4.78 is 4.75. The summed E-state index contributed by atoms with van der Waals surface area (Å²) in [6.45, 7) is 0.637. The van der Waals surface area contributed by atoms with Crippen molar-refractivity contribution in [2.75, 3.05) is 12.4 Å². The van der Waals surface area contributed by atoms with Gasteiger partial charge in [0.1, 0.15) is 0 Å². The van der Waals surface area contributed by atoms with Gasteiger partial charge in [-0.15, -0.1) is 0 Å². The molecule has 104 valence electrons. The molecule has 0 aliphatic heterocycles. The number of nitrogens with one attached hydrogen (secondary N) is 1. The van der Waals surface area contributed by atoms with Crippen molar-refractivity contribution in [2.24, 2.45) is 0 Å². The number of methoxy groups -OCH3 is 1. The second-order valence-electron chi connectivity index (χ2n) is 4.37. The molecule has 4 heteroatoms. The van der Waals surface area contributed by atoms with E-state index in [-0.39, 0.29) is 12.6 Å². The number of carbonyl (C=O) groups excluding carboxylic acids is 1. The fourth-order valence-electron chi connectivity index (χ4n) is 1.89. The Kier molecular flexibility index (Phi) is 4.74. The quantitative estimate of drug-likeness (QED) is 0.821. The molecule has 0 spiro atoms. The van der Waals surface area contributed by atoms with Crippen molar-refractivity contribution >= 4 is 11.7 Å². The Hall–Kier alpha value is -2.33. The van der Waals surface area contributed by atoms with Crippen LogP contribution in [-0.2, 0) is 17.9 Å². The molecule has 0 aliphatic carbocycles. The number of aliphatic hydroxyl groups excluding tert-OH is 1. The molecule has 2 aromatic carbocycles. The summed E-state index contributed by atoms with van der Waals surface area (Å²) in [7, 11) is 1.37. The zero-order valence-electron chi connectivity index (χ0n) is 11.3. The van der Waals surface area contributed by atoms with Crippen LogP contribution in [0.15, 0.2) is 48.5 Å². The molecule has 20 heavy (non-hydrogen) atoms. The minimum atomic E-state index is -0.358. The lowest BCUT2D eigenvalue weighted by Gasteiger charge is -2.11. The molecule has 0 bridgehead atoms. The Morgan fingerprint density at radius 1 is 1.10 bits per heavy atom. The van der Waals surface area contributed by atoms with E-state index in [0.717, 1.165) is 16.8 Å². The number of ether oxygens (including phenoxy) is 1. The Balaban J connectivity index is 2.08. The monoisotopic (exact) mass is 271 g/mol. The lowest BCUT2D eigenvalue weighted by molar-refractivity contribution is 0.0602. The number of hydrogen-bond donors (Lipinski definition) is 2. The topological polar surface area (TPSA) is 58.6 Å². The van der Waals surface area contributed by atoms with Crippen molar-refractivity contribution in [2.45, 2.75) is 13.2 Å². The van der Waals surface area contributed by atoms with Crippen molar-refractivity contribution in [1.82, 2.24) is 0 Å². The highest BCUT2D eigenvalue weighted by Crippen LogP contribution is 2.17. The van der Waals surface area contributed by atoms with E-state index < -0.39 is 0 Å². The van der Waals surface area contributed by atoms with Crippen LogP contribution in [0, 0.1) is 0 Å². The zero-order valence-corrected chi connectivity index (χ0v) is 11.3. The molecule has 4 nitrogen and oxygen atoms in total. The molecule has 0 atom stereocenters. The lowest BCUT2D eigenvalue weighted by Crippen LogP contribution is -2.08. The molecule has 0 fully saturated rings. The summed E-state index contributed by atoms with van der Waals surface area (Å²) in [5.41, 5.74) is 3.21. The maximum Gasteiger partial charge on any atom is 0.339 e. The van der Waals surface area contributed by atoms with E-state index in [4.69, 9.17) is 9.84 Å². The van der Waals surface area contributed by atoms with Gasteiger partial charge in [-0.2, -0.15) is 0 Å². The number of rotatable bonds is 5. The maximum absolute atomic E-state index is 11.6. The first-order valence-electron chi connectivity index (χ1n) is 6.34. The highest BCUT2D eigenvalue weighted by atomic mass is 16.5. The maximum atomic E-state index is 11.6. The van der Waals surface area contributed by atoms with Gasteiger partial charge in [-0.3, -0.25) is 0 Å². The highest BCUT2D eigenvalue weighted by Gasteiger charge is 2.10. The molecule has 0 aromatic heterocycles. The summed E-state index contributed by atoms with van der Waals surface area (Å²) in [5.74, 6) is -0.358. The minimum absolute atomic E-state index is 0.0406. The number of hydrogen-bond acceptors (Lipinski definition) is 4. The summed E-state index contributed by atoms with van der Waals surface area (Å²) in [6.07, 6.45) is 0. The van der Waals surface area contributed by atoms with Crippen molar-refractivity contribution in [3.63, 3.8) is 0 Å². The normalized spacial score (nSPS) is 10.1. The molecule has 0 radical (unpaired) electrons. The predicted molar refractivity (Wildman–Crippen MR) is 77.5 cm³/mol. The third kappa shape index (κ3) is 3.36. The fourth-order valence-corrected chi connectivity index (χ4v) is 1.89. The number of benzene rings is 2. The molecule has 2 rings (SSSR count). The number of para-hydroxylation sites is 1. The van der Waals surface area contributed by atoms with E-state index in [2.05, 4.69) is 5.32 Å². The van der Waals surface area contributed by atoms with E-state index in [1.807, 2.05) is 36.4 Å². The molecule has 2 aromatic rings. The smallest absolute Gasteiger partial charge is 0.339 e. The number of esters is 1. The van der Waals surface area contributed by atoms with Crippen molar-refractivity contribution in [1.29, 1.82) is 0 Å². The largest absolute Gasteiger partial charge is 0.465 e. The predicted octanol–water partition coefficient (Wildman–Crippen LogP) is 2.58. The van der Waals surface area contributed by atoms with E-state index in [1.54, 1.807) is 12.1 Å². The van der Waals surface area contributed by atoms with E-state index >= 15 is 0 Å². The van der Waals surface area contributed by atoms with Crippen molar-refractivity contribution in [3.05, 3.63) is 65.2 Å². The van der Waals surface area contributed by atoms with Gasteiger partial charge in [0.15, 0.2) is 0 Å². The van der Waals surface area contributed by atoms with Crippen LogP contribution in [0.1, 0.15) is 21.5 Å². The summed E-state index contributed by atoms with van der Waals surface area (Å²) >= 11 is 0. The Morgan fingerprint density at radius 3 is 2.40 bits per heavy atom. The second kappa shape index (κ2) is 6.73. The number of aliphatic hydroxyl groups is 1. The van der Waals surface area contributed by atoms with Gasteiger partial charge in [0.05, 0.1) is 19.3 Å². The van der Waals surface area contributed by atoms with Crippen molar-refractivity contribution in [3.8, 4) is 0 Å². The molecule has 0 amide bonds. The first-order valence-corrected chi connectivity index (χ1v) is 6.34. The van der Waals surface area contributed by atoms with E-state index in [9.17, 15) is 4.79 Å². The fraction of sp³-hybridized carbons (Fsp3) is 0.188. The zero-order chi connectivity index (χ0) is 14.4. The van der Waals surface area contributed by atoms with Gasteiger partial charge in [0, 0.05) is 12.2 Å². The van der Waals surface area contributed by atoms with Gasteiger partial charge in [0.25, 0.3) is 0 Å². The third-order valence-electron chi connectivity index (χ3n) is 3.02. The standard InChI is InChI=1S/C16H17NO3/c1-20-16(19)14-4-2-3-5-15(14)17-10-12-6-8-13(11-18)9-7-12/h2-9,17-18H,10-11H2,1H3. The van der Waals surface area contributed by atoms with Crippen molar-refractivity contribution < 1.29 is 14.6 Å². The van der Waals surface area contributed by atoms with Gasteiger partial charge in [-0.25, -0.2) is 4.79 Å². The molecule has 0 saturated carbocycles. The third-order valence-corrected chi connectivity index (χ3v) is 3.02. The summed E-state index contributed by atoms with van der Waals surface area (Å²) in [4.78, 5) is 11.6. The van der Waals surface area contributed by atoms with Crippen LogP contribution in [0.3, 0.4) is 0 Å². The van der Waals surface area contributed by atoms with Crippen LogP contribution in [0.2, 0.25) is 0 Å². The number of anilines is 1. The number of carbonyl (C=O) groups is 1. The first kappa shape index (κ1) is 14.1. The van der Waals surface area contributed by atoms with Gasteiger partial charge in [-0.1, -0.05) is 36.4 Å². The molecular weight excluding hydrogens is 254 g/mol. The molecular formula is C16H17NO3. The van der Waals surface area contributed by atoms with Gasteiger partial charge < -0.3 is 15.2 Å². The van der Waals surface area contributed by atoms with Crippen LogP contribution in [0.5, 0.6) is 0 Å².